The van der Waals surface area contributed by atoms with Crippen LogP contribution in [0, 0.1) is 0 Å². The van der Waals surface area contributed by atoms with Crippen molar-refractivity contribution in [3.63, 3.8) is 0 Å². The van der Waals surface area contributed by atoms with Crippen molar-refractivity contribution in [2.24, 2.45) is 5.73 Å². The molecule has 0 amide bonds. The molecule has 0 radical (unpaired) electrons. The van der Waals surface area contributed by atoms with Gasteiger partial charge in [-0.2, -0.15) is 0 Å². The van der Waals surface area contributed by atoms with Crippen LogP contribution in [0.1, 0.15) is 5.69 Å². The van der Waals surface area contributed by atoms with E-state index in [1.165, 1.54) is 6.33 Å². The Morgan fingerprint density at radius 2 is 2.00 bits per heavy atom. The second kappa shape index (κ2) is 10.4. The van der Waals surface area contributed by atoms with E-state index in [1.54, 1.807) is 6.20 Å². The summed E-state index contributed by atoms with van der Waals surface area (Å²) >= 11 is 0. The number of aliphatic carboxylic acids is 1. The molecule has 4 N–H and O–H groups in total. The Kier molecular flexibility index (Phi) is 16.2. The van der Waals surface area contributed by atoms with Crippen molar-refractivity contribution in [2.75, 3.05) is 0 Å². The molecule has 0 saturated heterocycles. The molecule has 0 aliphatic rings. The number of carboxylic acids is 1. The minimum atomic E-state index is -1.00. The summed E-state index contributed by atoms with van der Waals surface area (Å²) in [4.78, 5) is 16.8. The Bertz CT molecular complexity index is 245. The van der Waals surface area contributed by atoms with Crippen LogP contribution in [0.25, 0.3) is 0 Å². The van der Waals surface area contributed by atoms with Crippen molar-refractivity contribution in [1.82, 2.24) is 9.97 Å². The number of imidazole rings is 1. The number of nitrogens with one attached hydrogen (secondary N) is 1. The lowest BCUT2D eigenvalue weighted by Crippen LogP contribution is -2.32. The van der Waals surface area contributed by atoms with Gasteiger partial charge in [0.25, 0.3) is 0 Å². The first-order valence-electron chi connectivity index (χ1n) is 3.16. The van der Waals surface area contributed by atoms with Crippen molar-refractivity contribution in [2.45, 2.75) is 12.5 Å². The van der Waals surface area contributed by atoms with Crippen LogP contribution < -0.4 is 5.73 Å². The van der Waals surface area contributed by atoms with Crippen LogP contribution in [0.3, 0.4) is 0 Å². The molecule has 92 valence electrons. The van der Waals surface area contributed by atoms with Crippen LogP contribution in [0.15, 0.2) is 12.5 Å². The number of hydrogen-bond acceptors (Lipinski definition) is 3. The van der Waals surface area contributed by atoms with Gasteiger partial charge >= 0.3 is 5.97 Å². The third-order valence-corrected chi connectivity index (χ3v) is 1.31. The molecule has 0 spiro atoms. The first kappa shape index (κ1) is 23.3. The molecule has 1 atom stereocenters. The highest BCUT2D eigenvalue weighted by Gasteiger charge is 2.11. The number of aromatic nitrogens is 2. The largest absolute Gasteiger partial charge is 0.480 e. The average molecular weight is 235 g/mol. The Hall–Kier alpha value is -1.64. The van der Waals surface area contributed by atoms with Gasteiger partial charge in [0.15, 0.2) is 0 Å². The molecule has 0 aliphatic heterocycles. The van der Waals surface area contributed by atoms with Crippen molar-refractivity contribution < 1.29 is 28.7 Å². The lowest BCUT2D eigenvalue weighted by Gasteiger charge is -2.02. The van der Waals surface area contributed by atoms with E-state index in [2.05, 4.69) is 9.97 Å². The fourth-order valence-electron chi connectivity index (χ4n) is 0.721. The van der Waals surface area contributed by atoms with E-state index in [1.807, 2.05) is 0 Å². The van der Waals surface area contributed by atoms with Gasteiger partial charge in [-0.1, -0.05) is 0 Å². The van der Waals surface area contributed by atoms with Gasteiger partial charge in [-0.05, 0) is 0 Å². The van der Waals surface area contributed by atoms with Crippen LogP contribution in [0.2, 0.25) is 0 Å². The molecule has 1 aromatic heterocycles. The number of H-pyrrole nitrogens is 1. The number of carboxylic acid groups (broad SMARTS) is 1. The van der Waals surface area contributed by atoms with Crippen molar-refractivity contribution in [1.29, 1.82) is 0 Å². The molecule has 0 aliphatic carbocycles. The lowest BCUT2D eigenvalue weighted by atomic mass is 10.2. The highest BCUT2D eigenvalue weighted by molar-refractivity contribution is 5.73. The Morgan fingerprint density at radius 3 is 2.33 bits per heavy atom. The van der Waals surface area contributed by atoms with Crippen molar-refractivity contribution in [3.8, 4) is 0 Å². The fourth-order valence-corrected chi connectivity index (χ4v) is 0.721. The number of nitrogens with zero attached hydrogens (tertiary/aromatic N) is 1. The summed E-state index contributed by atoms with van der Waals surface area (Å²) in [6, 6.07) is -0.851. The normalized spacial score (nSPS) is 9.40. The molecule has 0 aromatic carbocycles. The predicted molar refractivity (Wildman–Crippen MR) is 47.9 cm³/mol. The standard InChI is InChI=1S/C6H9N3O2.4FH/c7-5(6(10)11)1-4-2-8-3-9-4;;;;/h2-3,5H,1,7H2,(H,8,9)(H,10,11);4*1H/t5-;;;;/m1..../s1. The molecule has 0 unspecified atom stereocenters. The number of hydrogen-bond donors (Lipinski definition) is 3. The van der Waals surface area contributed by atoms with E-state index in [9.17, 15) is 4.79 Å². The van der Waals surface area contributed by atoms with Crippen LogP contribution >= 0.6 is 0 Å². The molecule has 1 rings (SSSR count). The fraction of sp³-hybridized carbons (Fsp3) is 0.333. The van der Waals surface area contributed by atoms with Crippen LogP contribution in [0.4, 0.5) is 18.8 Å². The first-order valence-corrected chi connectivity index (χ1v) is 3.16. The number of carbonyl (C=O) groups is 1. The second-order valence-electron chi connectivity index (χ2n) is 2.23. The summed E-state index contributed by atoms with van der Waals surface area (Å²) in [5, 5.41) is 8.42. The molecular weight excluding hydrogens is 222 g/mol. The molecule has 9 heteroatoms. The lowest BCUT2D eigenvalue weighted by molar-refractivity contribution is -0.138. The summed E-state index contributed by atoms with van der Waals surface area (Å²) in [6.07, 6.45) is 3.34. The smallest absolute Gasteiger partial charge is 0.320 e. The summed E-state index contributed by atoms with van der Waals surface area (Å²) in [5.74, 6) is -1.00. The highest BCUT2D eigenvalue weighted by atomic mass is 19.0. The zero-order valence-electron chi connectivity index (χ0n) is 7.45. The Labute approximate surface area is 82.2 Å². The van der Waals surface area contributed by atoms with Gasteiger partial charge in [0, 0.05) is 18.3 Å². The molecule has 1 aromatic rings. The van der Waals surface area contributed by atoms with E-state index in [0.29, 0.717) is 0 Å². The summed E-state index contributed by atoms with van der Waals surface area (Å²) in [6.45, 7) is 0. The molecule has 5 nitrogen and oxygen atoms in total. The highest BCUT2D eigenvalue weighted by Crippen LogP contribution is 1.95. The van der Waals surface area contributed by atoms with E-state index >= 15 is 0 Å². The van der Waals surface area contributed by atoms with Gasteiger partial charge in [-0.3, -0.25) is 23.6 Å². The maximum absolute atomic E-state index is 10.3. The molecular formula is C6H13F4N3O2. The van der Waals surface area contributed by atoms with Gasteiger partial charge in [0.2, 0.25) is 0 Å². The van der Waals surface area contributed by atoms with Gasteiger partial charge < -0.3 is 15.8 Å². The maximum atomic E-state index is 10.3. The number of halogens is 4. The van der Waals surface area contributed by atoms with Gasteiger partial charge in [-0.15, -0.1) is 0 Å². The van der Waals surface area contributed by atoms with E-state index in [0.717, 1.165) is 5.69 Å². The van der Waals surface area contributed by atoms with E-state index < -0.39 is 12.0 Å². The predicted octanol–water partition coefficient (Wildman–Crippen LogP) is -0.0259. The maximum Gasteiger partial charge on any atom is 0.320 e. The quantitative estimate of drug-likeness (QED) is 0.642. The van der Waals surface area contributed by atoms with Crippen LogP contribution in [-0.4, -0.2) is 27.1 Å². The Balaban J connectivity index is -0.000000151. The minimum Gasteiger partial charge on any atom is -0.480 e. The molecule has 0 saturated carbocycles. The van der Waals surface area contributed by atoms with Crippen LogP contribution in [-0.2, 0) is 11.2 Å². The molecule has 0 fully saturated rings. The first-order chi connectivity index (χ1) is 5.20. The number of rotatable bonds is 3. The zero-order chi connectivity index (χ0) is 8.27. The third kappa shape index (κ3) is 7.43. The SMILES string of the molecule is F.F.F.F.N[C@H](Cc1cnc[nH]1)C(=O)O. The topological polar surface area (TPSA) is 92.0 Å². The zero-order valence-corrected chi connectivity index (χ0v) is 7.45. The summed E-state index contributed by atoms with van der Waals surface area (Å²) in [5.41, 5.74) is 6.00. The Morgan fingerprint density at radius 1 is 1.47 bits per heavy atom. The minimum absolute atomic E-state index is 0. The molecule has 15 heavy (non-hydrogen) atoms. The van der Waals surface area contributed by atoms with Gasteiger partial charge in [0.1, 0.15) is 6.04 Å². The van der Waals surface area contributed by atoms with E-state index in [-0.39, 0.29) is 25.2 Å². The number of nitrogens with two attached hydrogens (primary N) is 1. The number of aromatic amines is 1. The summed E-state index contributed by atoms with van der Waals surface area (Å²) < 4.78 is 0. The van der Waals surface area contributed by atoms with Crippen molar-refractivity contribution in [3.05, 3.63) is 18.2 Å². The van der Waals surface area contributed by atoms with Gasteiger partial charge in [0.05, 0.1) is 6.33 Å². The second-order valence-corrected chi connectivity index (χ2v) is 2.23. The van der Waals surface area contributed by atoms with Gasteiger partial charge in [-0.25, -0.2) is 4.98 Å². The van der Waals surface area contributed by atoms with E-state index in [4.69, 9.17) is 10.8 Å². The molecule has 1 heterocycles. The van der Waals surface area contributed by atoms with Crippen LogP contribution in [0.5, 0.6) is 0 Å². The summed E-state index contributed by atoms with van der Waals surface area (Å²) in [7, 11) is 0. The average Bonchev–Trinajstić information content (AvgIpc) is 2.39. The third-order valence-electron chi connectivity index (χ3n) is 1.31. The van der Waals surface area contributed by atoms with Crippen molar-refractivity contribution >= 4 is 5.97 Å². The monoisotopic (exact) mass is 235 g/mol. The molecule has 0 bridgehead atoms.